The van der Waals surface area contributed by atoms with Gasteiger partial charge in [0.05, 0.1) is 11.6 Å². The Hall–Kier alpha value is -0.630. The smallest absolute Gasteiger partial charge is 0.116 e. The van der Waals surface area contributed by atoms with Crippen molar-refractivity contribution in [3.63, 3.8) is 0 Å². The van der Waals surface area contributed by atoms with E-state index in [0.717, 1.165) is 0 Å². The molecular formula is C7H7ClFN. The van der Waals surface area contributed by atoms with E-state index in [1.165, 1.54) is 0 Å². The maximum atomic E-state index is 12.1. The highest BCUT2D eigenvalue weighted by atomic mass is 35.5. The molecule has 10 heavy (non-hydrogen) atoms. The Bertz CT molecular complexity index is 192. The van der Waals surface area contributed by atoms with E-state index in [0.29, 0.717) is 11.3 Å². The molecule has 1 aromatic rings. The van der Waals surface area contributed by atoms with Crippen LogP contribution in [0.3, 0.4) is 0 Å². The average Bonchev–Trinajstić information content (AvgIpc) is 2.04. The van der Waals surface area contributed by atoms with Gasteiger partial charge in [0.25, 0.3) is 0 Å². The third kappa shape index (κ3) is 1.45. The molecule has 0 radical (unpaired) electrons. The molecule has 1 rings (SSSR count). The zero-order chi connectivity index (χ0) is 7.40. The molecule has 0 atom stereocenters. The minimum Gasteiger partial charge on any atom is -0.260 e. The number of rotatable bonds is 2. The molecular weight excluding hydrogens is 153 g/mol. The normalized spacial score (nSPS) is 9.80. The second-order valence-electron chi connectivity index (χ2n) is 1.88. The van der Waals surface area contributed by atoms with E-state index in [2.05, 4.69) is 4.98 Å². The Labute approximate surface area is 63.8 Å². The highest BCUT2D eigenvalue weighted by Crippen LogP contribution is 2.08. The van der Waals surface area contributed by atoms with E-state index in [9.17, 15) is 4.39 Å². The Kier molecular flexibility index (Phi) is 2.63. The van der Waals surface area contributed by atoms with Crippen LogP contribution in [0.4, 0.5) is 4.39 Å². The van der Waals surface area contributed by atoms with Gasteiger partial charge in [-0.15, -0.1) is 11.6 Å². The van der Waals surface area contributed by atoms with Crippen LogP contribution in [0, 0.1) is 0 Å². The van der Waals surface area contributed by atoms with Crippen molar-refractivity contribution in [3.05, 3.63) is 29.6 Å². The van der Waals surface area contributed by atoms with Gasteiger partial charge in [0.2, 0.25) is 0 Å². The van der Waals surface area contributed by atoms with E-state index >= 15 is 0 Å². The number of nitrogens with zero attached hydrogens (tertiary/aromatic N) is 1. The molecule has 1 aromatic heterocycles. The van der Waals surface area contributed by atoms with Crippen LogP contribution in [0.25, 0.3) is 0 Å². The van der Waals surface area contributed by atoms with Gasteiger partial charge in [-0.05, 0) is 6.07 Å². The molecule has 3 heteroatoms. The van der Waals surface area contributed by atoms with Gasteiger partial charge in [-0.25, -0.2) is 4.39 Å². The topological polar surface area (TPSA) is 12.9 Å². The zero-order valence-corrected chi connectivity index (χ0v) is 6.11. The van der Waals surface area contributed by atoms with E-state index in [1.54, 1.807) is 18.3 Å². The number of halogens is 2. The Morgan fingerprint density at radius 2 is 2.40 bits per heavy atom. The molecule has 0 aromatic carbocycles. The molecule has 0 saturated carbocycles. The molecule has 1 nitrogen and oxygen atoms in total. The summed E-state index contributed by atoms with van der Waals surface area (Å²) in [5.74, 6) is 0.278. The van der Waals surface area contributed by atoms with Crippen molar-refractivity contribution in [1.29, 1.82) is 0 Å². The van der Waals surface area contributed by atoms with Crippen LogP contribution in [0.5, 0.6) is 0 Å². The number of pyridine rings is 1. The first kappa shape index (κ1) is 7.48. The van der Waals surface area contributed by atoms with Gasteiger partial charge in [0.1, 0.15) is 6.67 Å². The summed E-state index contributed by atoms with van der Waals surface area (Å²) in [6.07, 6.45) is 1.61. The monoisotopic (exact) mass is 159 g/mol. The van der Waals surface area contributed by atoms with Gasteiger partial charge < -0.3 is 0 Å². The van der Waals surface area contributed by atoms with E-state index in [-0.39, 0.29) is 5.88 Å². The van der Waals surface area contributed by atoms with Crippen molar-refractivity contribution in [3.8, 4) is 0 Å². The standard InChI is InChI=1S/C7H7ClFN/c8-4-7-6(5-9)2-1-3-10-7/h1-3H,4-5H2. The minimum absolute atomic E-state index is 0.278. The fraction of sp³-hybridized carbons (Fsp3) is 0.286. The van der Waals surface area contributed by atoms with Crippen molar-refractivity contribution in [2.45, 2.75) is 12.6 Å². The highest BCUT2D eigenvalue weighted by Gasteiger charge is 1.98. The molecule has 0 N–H and O–H groups in total. The van der Waals surface area contributed by atoms with Gasteiger partial charge in [-0.1, -0.05) is 6.07 Å². The Morgan fingerprint density at radius 3 is 2.90 bits per heavy atom. The Morgan fingerprint density at radius 1 is 1.60 bits per heavy atom. The fourth-order valence-corrected chi connectivity index (χ4v) is 0.954. The third-order valence-corrected chi connectivity index (χ3v) is 1.51. The van der Waals surface area contributed by atoms with E-state index < -0.39 is 6.67 Å². The quantitative estimate of drug-likeness (QED) is 0.604. The first-order valence-electron chi connectivity index (χ1n) is 2.93. The van der Waals surface area contributed by atoms with E-state index in [1.807, 2.05) is 0 Å². The van der Waals surface area contributed by atoms with Crippen molar-refractivity contribution < 1.29 is 4.39 Å². The maximum Gasteiger partial charge on any atom is 0.116 e. The summed E-state index contributed by atoms with van der Waals surface area (Å²) < 4.78 is 12.1. The predicted octanol–water partition coefficient (Wildman–Crippen LogP) is 2.29. The maximum absolute atomic E-state index is 12.1. The second-order valence-corrected chi connectivity index (χ2v) is 2.14. The third-order valence-electron chi connectivity index (χ3n) is 1.26. The molecule has 0 fully saturated rings. The first-order chi connectivity index (χ1) is 4.88. The molecule has 54 valence electrons. The Balaban J connectivity index is 2.96. The summed E-state index contributed by atoms with van der Waals surface area (Å²) in [4.78, 5) is 3.90. The summed E-state index contributed by atoms with van der Waals surface area (Å²) in [6, 6.07) is 3.38. The summed E-state index contributed by atoms with van der Waals surface area (Å²) in [7, 11) is 0. The summed E-state index contributed by atoms with van der Waals surface area (Å²) >= 11 is 5.48. The van der Waals surface area contributed by atoms with Crippen LogP contribution < -0.4 is 0 Å². The molecule has 0 amide bonds. The van der Waals surface area contributed by atoms with E-state index in [4.69, 9.17) is 11.6 Å². The molecule has 0 unspecified atom stereocenters. The minimum atomic E-state index is -0.490. The average molecular weight is 160 g/mol. The first-order valence-corrected chi connectivity index (χ1v) is 3.46. The van der Waals surface area contributed by atoms with Crippen molar-refractivity contribution in [2.24, 2.45) is 0 Å². The summed E-state index contributed by atoms with van der Waals surface area (Å²) in [5.41, 5.74) is 1.21. The molecule has 0 saturated heterocycles. The van der Waals surface area contributed by atoms with Crippen LogP contribution >= 0.6 is 11.6 Å². The van der Waals surface area contributed by atoms with Gasteiger partial charge in [-0.3, -0.25) is 4.98 Å². The predicted molar refractivity (Wildman–Crippen MR) is 38.6 cm³/mol. The molecule has 1 heterocycles. The van der Waals surface area contributed by atoms with Crippen LogP contribution in [-0.4, -0.2) is 4.98 Å². The lowest BCUT2D eigenvalue weighted by molar-refractivity contribution is 0.482. The second kappa shape index (κ2) is 3.52. The van der Waals surface area contributed by atoms with Gasteiger partial charge in [0, 0.05) is 11.8 Å². The largest absolute Gasteiger partial charge is 0.260 e. The SMILES string of the molecule is FCc1cccnc1CCl. The molecule has 0 spiro atoms. The molecule has 0 bridgehead atoms. The van der Waals surface area contributed by atoms with Crippen molar-refractivity contribution >= 4 is 11.6 Å². The lowest BCUT2D eigenvalue weighted by atomic mass is 10.2. The van der Waals surface area contributed by atoms with Gasteiger partial charge in [0.15, 0.2) is 0 Å². The molecule has 0 aliphatic heterocycles. The highest BCUT2D eigenvalue weighted by molar-refractivity contribution is 6.16. The van der Waals surface area contributed by atoms with Crippen molar-refractivity contribution in [1.82, 2.24) is 4.98 Å². The van der Waals surface area contributed by atoms with Crippen LogP contribution in [-0.2, 0) is 12.6 Å². The lowest BCUT2D eigenvalue weighted by Gasteiger charge is -1.98. The summed E-state index contributed by atoms with van der Waals surface area (Å²) in [6.45, 7) is -0.490. The summed E-state index contributed by atoms with van der Waals surface area (Å²) in [5, 5.41) is 0. The van der Waals surface area contributed by atoms with Gasteiger partial charge >= 0.3 is 0 Å². The molecule has 0 aliphatic carbocycles. The number of hydrogen-bond acceptors (Lipinski definition) is 1. The lowest BCUT2D eigenvalue weighted by Crippen LogP contribution is -1.91. The number of alkyl halides is 2. The van der Waals surface area contributed by atoms with Crippen LogP contribution in [0.15, 0.2) is 18.3 Å². The van der Waals surface area contributed by atoms with Gasteiger partial charge in [-0.2, -0.15) is 0 Å². The fourth-order valence-electron chi connectivity index (χ4n) is 0.713. The zero-order valence-electron chi connectivity index (χ0n) is 5.35. The van der Waals surface area contributed by atoms with Crippen LogP contribution in [0.1, 0.15) is 11.3 Å². The number of aromatic nitrogens is 1. The molecule has 0 aliphatic rings. The number of hydrogen-bond donors (Lipinski definition) is 0. The van der Waals surface area contributed by atoms with Crippen LogP contribution in [0.2, 0.25) is 0 Å². The van der Waals surface area contributed by atoms with Crippen molar-refractivity contribution in [2.75, 3.05) is 0 Å².